The van der Waals surface area contributed by atoms with Gasteiger partial charge in [-0.3, -0.25) is 0 Å². The number of nitrogens with zero attached hydrogens (tertiary/aromatic N) is 6. The van der Waals surface area contributed by atoms with Gasteiger partial charge in [0.2, 0.25) is 0 Å². The molecule has 414 valence electrons. The molecule has 0 saturated heterocycles. The van der Waals surface area contributed by atoms with E-state index < -0.39 is 199 Å². The fourth-order valence-corrected chi connectivity index (χ4v) is 24.2. The SMILES string of the molecule is [2H]c1c([2H])c([2H])c(-n2c3c([2H])c([2H])c([2H])c([2H])c3c3c([2H])c([2H])c([2H])c([2H])c32)c(-c2nc(-c3c([2H])c([2H])c([2H])c([Si]4(c5ccccc5)c5ccccc5-n5c6ccccc6c6cccc4c65)c3[2H])nc(-c3c([2H])c([2H])c([2H])c([Si]4(c5ccccc5)c5ccccc5-n5c6ccccc6c6cccc4c65)c3[2H])n2)c1[2H]. The molecule has 19 rings (SSSR count). The lowest BCUT2D eigenvalue weighted by Crippen LogP contribution is -2.76. The third-order valence-electron chi connectivity index (χ3n) is 17.9. The molecule has 0 bridgehead atoms. The Morgan fingerprint density at radius 2 is 0.685 bits per heavy atom. The molecule has 6 heterocycles. The van der Waals surface area contributed by atoms with Crippen LogP contribution in [0.25, 0.3) is 117 Å². The van der Waals surface area contributed by atoms with Crippen molar-refractivity contribution in [1.29, 1.82) is 0 Å². The van der Waals surface area contributed by atoms with Gasteiger partial charge in [0.25, 0.3) is 0 Å². The van der Waals surface area contributed by atoms with Crippen LogP contribution < -0.4 is 41.5 Å². The molecule has 0 aliphatic carbocycles. The number of para-hydroxylation sites is 9. The van der Waals surface area contributed by atoms with Crippen molar-refractivity contribution in [2.75, 3.05) is 0 Å². The molecule has 0 saturated carbocycles. The standard InChI is InChI=1S/C81H52N6Si2/c1-3-27-55(28-4-1)88(73-47-19-17-45-71(73)86-68-42-14-9-35-61(68)63-38-23-49-75(88)77(63)86)57-31-21-25-53(51-57)79-82-80(84-81(83-79)65-37-11-16-44-70(65)85-66-40-12-7-33-59(66)60-34-8-13-41-67(60)85)54-26-22-32-58(52-54)89(56-29-5-2-6-30-56)74-48-20-18-46-72(74)87-69-43-15-10-36-62(69)64-39-24-50-76(89)78(64)87/h1-52H/i7D,8D,11D,12D,13D,16D,21D,22D,25D,26D,31D,32D,33D,34D,37D,40D,41D,44D,51D,52D. The van der Waals surface area contributed by atoms with Crippen molar-refractivity contribution in [2.45, 2.75) is 0 Å². The first kappa shape index (κ1) is 34.1. The normalized spacial score (nSPS) is 18.9. The van der Waals surface area contributed by atoms with E-state index in [0.717, 1.165) is 69.9 Å². The van der Waals surface area contributed by atoms with Crippen molar-refractivity contribution in [3.63, 3.8) is 0 Å². The Kier molecular flexibility index (Phi) is 7.33. The number of aromatic nitrogens is 6. The molecule has 8 heteroatoms. The summed E-state index contributed by atoms with van der Waals surface area (Å²) in [4.78, 5) is 15.3. The van der Waals surface area contributed by atoms with Gasteiger partial charge in [-0.05, 0) is 89.9 Å². The Morgan fingerprint density at radius 1 is 0.270 bits per heavy atom. The molecule has 0 fully saturated rings. The summed E-state index contributed by atoms with van der Waals surface area (Å²) in [5.74, 6) is -2.11. The predicted octanol–water partition coefficient (Wildman–Crippen LogP) is 13.5. The summed E-state index contributed by atoms with van der Waals surface area (Å²) in [6.07, 6.45) is 0. The topological polar surface area (TPSA) is 53.5 Å². The zero-order valence-corrected chi connectivity index (χ0v) is 48.7. The molecule has 0 radical (unpaired) electrons. The minimum atomic E-state index is -4.28. The van der Waals surface area contributed by atoms with E-state index in [1.165, 1.54) is 0 Å². The summed E-state index contributed by atoms with van der Waals surface area (Å²) in [5.41, 5.74) is 1.19. The van der Waals surface area contributed by atoms with Gasteiger partial charge in [-0.15, -0.1) is 0 Å². The van der Waals surface area contributed by atoms with E-state index in [9.17, 15) is 21.9 Å². The van der Waals surface area contributed by atoms with Gasteiger partial charge in [-0.25, -0.2) is 15.0 Å². The zero-order valence-electron chi connectivity index (χ0n) is 66.7. The van der Waals surface area contributed by atoms with Crippen LogP contribution in [0.2, 0.25) is 0 Å². The molecule has 0 N–H and O–H groups in total. The number of hydrogen-bond acceptors (Lipinski definition) is 3. The molecule has 4 aromatic heterocycles. The van der Waals surface area contributed by atoms with E-state index in [4.69, 9.17) is 20.4 Å². The number of rotatable bonds is 8. The first-order valence-electron chi connectivity index (χ1n) is 39.0. The maximum Gasteiger partial charge on any atom is 0.184 e. The summed E-state index contributed by atoms with van der Waals surface area (Å²) >= 11 is 0. The fourth-order valence-electron chi connectivity index (χ4n) is 14.5. The van der Waals surface area contributed by atoms with Crippen LogP contribution in [-0.4, -0.2) is 44.8 Å². The Bertz CT molecular complexity index is 6650. The quantitative estimate of drug-likeness (QED) is 0.143. The van der Waals surface area contributed by atoms with Crippen molar-refractivity contribution in [3.05, 3.63) is 315 Å². The molecular weight excluding hydrogens is 1110 g/mol. The molecule has 13 aromatic carbocycles. The Morgan fingerprint density at radius 3 is 1.21 bits per heavy atom. The molecule has 0 amide bonds. The van der Waals surface area contributed by atoms with Gasteiger partial charge in [0.1, 0.15) is 0 Å². The first-order chi connectivity index (χ1) is 52.5. The van der Waals surface area contributed by atoms with Gasteiger partial charge in [0, 0.05) is 60.4 Å². The van der Waals surface area contributed by atoms with Crippen LogP contribution >= 0.6 is 0 Å². The summed E-state index contributed by atoms with van der Waals surface area (Å²) < 4.78 is 202. The maximum atomic E-state index is 11.2. The molecule has 17 aromatic rings. The highest BCUT2D eigenvalue weighted by atomic mass is 28.3. The summed E-state index contributed by atoms with van der Waals surface area (Å²) in [6, 6.07) is 46.8. The van der Waals surface area contributed by atoms with Crippen molar-refractivity contribution < 1.29 is 27.4 Å². The van der Waals surface area contributed by atoms with Gasteiger partial charge in [-0.1, -0.05) is 267 Å². The van der Waals surface area contributed by atoms with Crippen LogP contribution in [0.3, 0.4) is 0 Å². The molecule has 2 aliphatic heterocycles. The highest BCUT2D eigenvalue weighted by Gasteiger charge is 2.49. The van der Waals surface area contributed by atoms with Gasteiger partial charge < -0.3 is 13.7 Å². The van der Waals surface area contributed by atoms with Crippen molar-refractivity contribution >= 4 is 123 Å². The third kappa shape index (κ3) is 6.87. The molecule has 2 unspecified atom stereocenters. The molecule has 89 heavy (non-hydrogen) atoms. The Balaban J connectivity index is 0.995. The summed E-state index contributed by atoms with van der Waals surface area (Å²) in [7, 11) is -8.56. The zero-order chi connectivity index (χ0) is 75.8. The Labute approximate surface area is 543 Å². The average molecular weight is 1190 g/mol. The van der Waals surface area contributed by atoms with Crippen molar-refractivity contribution in [3.8, 4) is 51.2 Å². The van der Waals surface area contributed by atoms with E-state index in [2.05, 4.69) is 9.13 Å². The second-order valence-electron chi connectivity index (χ2n) is 22.2. The molecule has 2 atom stereocenters. The van der Waals surface area contributed by atoms with E-state index >= 15 is 0 Å². The number of fused-ring (bicyclic) bond motifs is 13. The van der Waals surface area contributed by atoms with Crippen LogP contribution in [0.4, 0.5) is 0 Å². The number of hydrogen-bond donors (Lipinski definition) is 0. The molecule has 2 aliphatic rings. The second kappa shape index (κ2) is 19.1. The van der Waals surface area contributed by atoms with Crippen molar-refractivity contribution in [1.82, 2.24) is 28.7 Å². The monoisotopic (exact) mass is 1180 g/mol. The third-order valence-corrected chi connectivity index (χ3v) is 27.2. The molecule has 6 nitrogen and oxygen atoms in total. The highest BCUT2D eigenvalue weighted by Crippen LogP contribution is 2.40. The molecular formula is C81H52N6Si2. The lowest BCUT2D eigenvalue weighted by molar-refractivity contribution is 1.06. The van der Waals surface area contributed by atoms with E-state index in [1.807, 2.05) is 194 Å². The molecule has 0 spiro atoms. The first-order valence-corrected chi connectivity index (χ1v) is 33.0. The predicted molar refractivity (Wildman–Crippen MR) is 374 cm³/mol. The van der Waals surface area contributed by atoms with E-state index in [-0.39, 0.29) is 10.4 Å². The maximum absolute atomic E-state index is 11.2. The minimum absolute atomic E-state index is 0.0144. The fraction of sp³-hybridized carbons (Fsp3) is 0. The van der Waals surface area contributed by atoms with E-state index in [1.54, 1.807) is 0 Å². The lowest BCUT2D eigenvalue weighted by atomic mass is 10.1. The average Bonchev–Trinajstić information content (AvgIpc) is 1.67. The van der Waals surface area contributed by atoms with Crippen LogP contribution in [0.1, 0.15) is 27.4 Å². The van der Waals surface area contributed by atoms with Crippen LogP contribution in [0.15, 0.2) is 315 Å². The van der Waals surface area contributed by atoms with Gasteiger partial charge in [0.15, 0.2) is 33.6 Å². The minimum Gasteiger partial charge on any atom is -0.309 e. The van der Waals surface area contributed by atoms with Gasteiger partial charge in [0.05, 0.1) is 66.2 Å². The van der Waals surface area contributed by atoms with Crippen LogP contribution in [0, 0.1) is 0 Å². The van der Waals surface area contributed by atoms with Crippen LogP contribution in [-0.2, 0) is 0 Å². The largest absolute Gasteiger partial charge is 0.309 e. The smallest absolute Gasteiger partial charge is 0.184 e. The summed E-state index contributed by atoms with van der Waals surface area (Å²) in [6.45, 7) is 0. The van der Waals surface area contributed by atoms with E-state index in [0.29, 0.717) is 20.7 Å². The summed E-state index contributed by atoms with van der Waals surface area (Å²) in [5, 5.41) is 6.93. The van der Waals surface area contributed by atoms with Gasteiger partial charge in [-0.2, -0.15) is 0 Å². The highest BCUT2D eigenvalue weighted by molar-refractivity contribution is 7.22. The van der Waals surface area contributed by atoms with Gasteiger partial charge >= 0.3 is 0 Å². The second-order valence-corrected chi connectivity index (χ2v) is 29.5. The Hall–Kier alpha value is -11.3. The lowest BCUT2D eigenvalue weighted by Gasteiger charge is -2.40. The van der Waals surface area contributed by atoms with Crippen LogP contribution in [0.5, 0.6) is 0 Å². The number of benzene rings is 13. The van der Waals surface area contributed by atoms with Crippen molar-refractivity contribution in [2.24, 2.45) is 0 Å².